The van der Waals surface area contributed by atoms with Gasteiger partial charge in [-0.1, -0.05) is 0 Å². The molecule has 1 atom stereocenters. The summed E-state index contributed by atoms with van der Waals surface area (Å²) >= 11 is 2.08. The minimum absolute atomic E-state index is 0.303. The van der Waals surface area contributed by atoms with E-state index in [0.29, 0.717) is 11.5 Å². The number of methoxy groups -OCH3 is 1. The second-order valence-corrected chi connectivity index (χ2v) is 6.68. The topological polar surface area (TPSA) is 38.5 Å². The van der Waals surface area contributed by atoms with E-state index in [-0.39, 0.29) is 0 Å². The van der Waals surface area contributed by atoms with Crippen molar-refractivity contribution in [2.75, 3.05) is 44.9 Å². The number of thioether (sulfide) groups is 1. The number of nitrogens with zero attached hydrogens (tertiary/aromatic N) is 1. The van der Waals surface area contributed by atoms with Crippen molar-refractivity contribution in [1.82, 2.24) is 4.90 Å². The van der Waals surface area contributed by atoms with Crippen LogP contribution in [0.1, 0.15) is 25.7 Å². The first kappa shape index (κ1) is 13.7. The zero-order valence-corrected chi connectivity index (χ0v) is 11.8. The molecule has 2 saturated heterocycles. The lowest BCUT2D eigenvalue weighted by Crippen LogP contribution is -2.58. The smallest absolute Gasteiger partial charge is 0.0502 e. The van der Waals surface area contributed by atoms with Crippen LogP contribution in [0.2, 0.25) is 0 Å². The van der Waals surface area contributed by atoms with Crippen LogP contribution in [-0.2, 0) is 4.74 Å². The van der Waals surface area contributed by atoms with Crippen LogP contribution < -0.4 is 5.73 Å². The van der Waals surface area contributed by atoms with Crippen molar-refractivity contribution in [2.45, 2.75) is 31.2 Å². The number of nitrogens with two attached hydrogens (primary N) is 1. The summed E-state index contributed by atoms with van der Waals surface area (Å²) in [6.07, 6.45) is 5.17. The van der Waals surface area contributed by atoms with Crippen molar-refractivity contribution >= 4 is 11.8 Å². The molecule has 0 aromatic heterocycles. The molecule has 0 spiro atoms. The molecule has 4 heteroatoms. The summed E-state index contributed by atoms with van der Waals surface area (Å²) in [5, 5.41) is 0. The highest BCUT2D eigenvalue weighted by Gasteiger charge is 2.39. The summed E-state index contributed by atoms with van der Waals surface area (Å²) in [7, 11) is 1.81. The van der Waals surface area contributed by atoms with E-state index < -0.39 is 0 Å². The fourth-order valence-electron chi connectivity index (χ4n) is 3.27. The second kappa shape index (κ2) is 6.41. The molecule has 0 radical (unpaired) electrons. The van der Waals surface area contributed by atoms with E-state index in [2.05, 4.69) is 16.7 Å². The van der Waals surface area contributed by atoms with E-state index in [9.17, 15) is 0 Å². The Morgan fingerprint density at radius 1 is 1.41 bits per heavy atom. The van der Waals surface area contributed by atoms with Gasteiger partial charge in [-0.3, -0.25) is 4.90 Å². The largest absolute Gasteiger partial charge is 0.384 e. The van der Waals surface area contributed by atoms with Crippen LogP contribution in [0, 0.1) is 5.92 Å². The minimum atomic E-state index is 0.303. The van der Waals surface area contributed by atoms with Crippen molar-refractivity contribution in [3.63, 3.8) is 0 Å². The van der Waals surface area contributed by atoms with Crippen molar-refractivity contribution in [1.29, 1.82) is 0 Å². The quantitative estimate of drug-likeness (QED) is 0.831. The van der Waals surface area contributed by atoms with Gasteiger partial charge in [-0.25, -0.2) is 0 Å². The lowest BCUT2D eigenvalue weighted by Gasteiger charge is -2.49. The van der Waals surface area contributed by atoms with E-state index in [1.54, 1.807) is 0 Å². The number of hydrogen-bond donors (Lipinski definition) is 1. The first-order valence-corrected chi connectivity index (χ1v) is 7.98. The molecule has 2 rings (SSSR count). The van der Waals surface area contributed by atoms with Crippen molar-refractivity contribution in [2.24, 2.45) is 11.7 Å². The average molecular weight is 258 g/mol. The van der Waals surface area contributed by atoms with Gasteiger partial charge in [0.05, 0.1) is 6.61 Å². The number of rotatable bonds is 4. The van der Waals surface area contributed by atoms with E-state index in [1.807, 2.05) is 7.11 Å². The van der Waals surface area contributed by atoms with Crippen LogP contribution in [0.25, 0.3) is 0 Å². The third-order valence-electron chi connectivity index (χ3n) is 4.40. The van der Waals surface area contributed by atoms with Crippen molar-refractivity contribution in [3.05, 3.63) is 0 Å². The van der Waals surface area contributed by atoms with Crippen LogP contribution >= 0.6 is 11.8 Å². The lowest BCUT2D eigenvalue weighted by molar-refractivity contribution is 0.0175. The fraction of sp³-hybridized carbons (Fsp3) is 1.00. The van der Waals surface area contributed by atoms with Crippen LogP contribution in [-0.4, -0.2) is 55.3 Å². The summed E-state index contributed by atoms with van der Waals surface area (Å²) in [5.41, 5.74) is 6.41. The zero-order chi connectivity index (χ0) is 12.1. The van der Waals surface area contributed by atoms with Gasteiger partial charge in [-0.15, -0.1) is 0 Å². The van der Waals surface area contributed by atoms with E-state index in [4.69, 9.17) is 10.5 Å². The summed E-state index contributed by atoms with van der Waals surface area (Å²) in [5.74, 6) is 3.28. The number of likely N-dealkylation sites (tertiary alicyclic amines) is 1. The minimum Gasteiger partial charge on any atom is -0.384 e. The molecule has 0 aromatic rings. The standard InChI is InChI=1S/C13H26N2OS/c1-16-10-12-3-2-6-15(9-12)13(11-14)4-7-17-8-5-13/h12H,2-11,14H2,1H3. The summed E-state index contributed by atoms with van der Waals surface area (Å²) < 4.78 is 5.32. The Morgan fingerprint density at radius 3 is 2.82 bits per heavy atom. The highest BCUT2D eigenvalue weighted by molar-refractivity contribution is 7.99. The molecule has 3 nitrogen and oxygen atoms in total. The Kier molecular flexibility index (Phi) is 5.15. The van der Waals surface area contributed by atoms with Gasteiger partial charge in [0.25, 0.3) is 0 Å². The maximum atomic E-state index is 6.11. The molecule has 2 aliphatic heterocycles. The molecular formula is C13H26N2OS. The molecule has 0 aliphatic carbocycles. The van der Waals surface area contributed by atoms with E-state index >= 15 is 0 Å². The first-order chi connectivity index (χ1) is 8.30. The predicted molar refractivity (Wildman–Crippen MR) is 74.5 cm³/mol. The third kappa shape index (κ3) is 3.16. The predicted octanol–water partition coefficient (Wildman–Crippen LogP) is 1.57. The first-order valence-electron chi connectivity index (χ1n) is 6.82. The Balaban J connectivity index is 1.98. The molecule has 1 unspecified atom stereocenters. The molecule has 17 heavy (non-hydrogen) atoms. The molecule has 0 amide bonds. The molecule has 0 aromatic carbocycles. The Labute approximate surface area is 109 Å². The van der Waals surface area contributed by atoms with Crippen molar-refractivity contribution in [3.8, 4) is 0 Å². The van der Waals surface area contributed by atoms with Crippen LogP contribution in [0.15, 0.2) is 0 Å². The maximum Gasteiger partial charge on any atom is 0.0502 e. The number of piperidine rings is 1. The summed E-state index contributed by atoms with van der Waals surface area (Å²) in [4.78, 5) is 2.68. The molecule has 0 saturated carbocycles. The van der Waals surface area contributed by atoms with Crippen molar-refractivity contribution < 1.29 is 4.74 Å². The van der Waals surface area contributed by atoms with Gasteiger partial charge in [-0.05, 0) is 49.7 Å². The number of ether oxygens (including phenoxy) is 1. The van der Waals surface area contributed by atoms with Gasteiger partial charge in [0.2, 0.25) is 0 Å². The Morgan fingerprint density at radius 2 is 2.18 bits per heavy atom. The number of hydrogen-bond acceptors (Lipinski definition) is 4. The van der Waals surface area contributed by atoms with Gasteiger partial charge in [0.15, 0.2) is 0 Å². The normalized spacial score (nSPS) is 30.4. The monoisotopic (exact) mass is 258 g/mol. The zero-order valence-electron chi connectivity index (χ0n) is 11.0. The van der Waals surface area contributed by atoms with Crippen LogP contribution in [0.5, 0.6) is 0 Å². The average Bonchev–Trinajstić information content (AvgIpc) is 2.40. The molecule has 2 heterocycles. The molecule has 0 bridgehead atoms. The van der Waals surface area contributed by atoms with Crippen LogP contribution in [0.3, 0.4) is 0 Å². The van der Waals surface area contributed by atoms with Gasteiger partial charge in [-0.2, -0.15) is 11.8 Å². The molecular weight excluding hydrogens is 232 g/mol. The maximum absolute atomic E-state index is 6.11. The SMILES string of the molecule is COCC1CCCN(C2(CN)CCSCC2)C1. The third-order valence-corrected chi connectivity index (χ3v) is 5.38. The van der Waals surface area contributed by atoms with Gasteiger partial charge < -0.3 is 10.5 Å². The Bertz CT molecular complexity index is 229. The molecule has 2 N–H and O–H groups in total. The van der Waals surface area contributed by atoms with Gasteiger partial charge in [0.1, 0.15) is 0 Å². The van der Waals surface area contributed by atoms with E-state index in [0.717, 1.165) is 13.2 Å². The van der Waals surface area contributed by atoms with Gasteiger partial charge in [0, 0.05) is 25.7 Å². The van der Waals surface area contributed by atoms with Crippen LogP contribution in [0.4, 0.5) is 0 Å². The van der Waals surface area contributed by atoms with Gasteiger partial charge >= 0.3 is 0 Å². The molecule has 100 valence electrons. The highest BCUT2D eigenvalue weighted by Crippen LogP contribution is 2.34. The summed E-state index contributed by atoms with van der Waals surface area (Å²) in [6, 6.07) is 0. The molecule has 2 fully saturated rings. The molecule has 2 aliphatic rings. The Hall–Kier alpha value is 0.230. The highest BCUT2D eigenvalue weighted by atomic mass is 32.2. The lowest BCUT2D eigenvalue weighted by atomic mass is 9.86. The summed E-state index contributed by atoms with van der Waals surface area (Å²) in [6.45, 7) is 4.16. The second-order valence-electron chi connectivity index (χ2n) is 5.45. The van der Waals surface area contributed by atoms with E-state index in [1.165, 1.54) is 50.3 Å². The fourth-order valence-corrected chi connectivity index (χ4v) is 4.52.